The highest BCUT2D eigenvalue weighted by atomic mass is 19.4. The van der Waals surface area contributed by atoms with Gasteiger partial charge in [-0.25, -0.2) is 0 Å². The lowest BCUT2D eigenvalue weighted by atomic mass is 10.1. The Morgan fingerprint density at radius 3 is 2.43 bits per heavy atom. The molecule has 1 saturated carbocycles. The Morgan fingerprint density at radius 1 is 1.38 bits per heavy atom. The number of rotatable bonds is 4. The number of anilines is 1. The minimum atomic E-state index is -4.60. The highest BCUT2D eigenvalue weighted by Gasteiger charge is 2.64. The van der Waals surface area contributed by atoms with E-state index >= 15 is 0 Å². The van der Waals surface area contributed by atoms with Crippen LogP contribution in [0.1, 0.15) is 23.2 Å². The lowest BCUT2D eigenvalue weighted by molar-refractivity contribution is -0.385. The number of nitrogens with zero attached hydrogens (tertiary/aromatic N) is 1. The fourth-order valence-corrected chi connectivity index (χ4v) is 1.86. The molecule has 0 atom stereocenters. The van der Waals surface area contributed by atoms with Crippen molar-refractivity contribution in [2.45, 2.75) is 24.6 Å². The zero-order valence-corrected chi connectivity index (χ0v) is 10.5. The van der Waals surface area contributed by atoms with Gasteiger partial charge in [-0.1, -0.05) is 0 Å². The van der Waals surface area contributed by atoms with E-state index in [4.69, 9.17) is 5.84 Å². The molecule has 0 unspecified atom stereocenters. The van der Waals surface area contributed by atoms with Gasteiger partial charge in [-0.2, -0.15) is 13.2 Å². The van der Waals surface area contributed by atoms with Crippen molar-refractivity contribution in [3.8, 4) is 0 Å². The van der Waals surface area contributed by atoms with Gasteiger partial charge in [0.05, 0.1) is 4.92 Å². The normalized spacial score (nSPS) is 16.2. The molecule has 21 heavy (non-hydrogen) atoms. The topological polar surface area (TPSA) is 110 Å². The smallest absolute Gasteiger partial charge is 0.338 e. The van der Waals surface area contributed by atoms with E-state index < -0.39 is 33.8 Å². The average Bonchev–Trinajstić information content (AvgIpc) is 3.18. The van der Waals surface area contributed by atoms with Crippen LogP contribution in [0, 0.1) is 10.1 Å². The van der Waals surface area contributed by atoms with Crippen molar-refractivity contribution in [3.63, 3.8) is 0 Å². The molecule has 0 bridgehead atoms. The summed E-state index contributed by atoms with van der Waals surface area (Å²) in [6, 6.07) is 3.27. The van der Waals surface area contributed by atoms with Crippen molar-refractivity contribution < 1.29 is 22.9 Å². The molecule has 0 radical (unpaired) electrons. The zero-order chi connectivity index (χ0) is 15.8. The van der Waals surface area contributed by atoms with Gasteiger partial charge in [0.25, 0.3) is 11.6 Å². The molecule has 1 fully saturated rings. The summed E-state index contributed by atoms with van der Waals surface area (Å²) in [6.07, 6.45) is -5.09. The molecule has 0 aliphatic heterocycles. The molecule has 0 heterocycles. The molecule has 1 aliphatic carbocycles. The number of nitrogen functional groups attached to an aromatic ring is 1. The Hall–Kier alpha value is -2.36. The minimum Gasteiger partial charge on any atom is -0.338 e. The Balaban J connectivity index is 2.33. The third kappa shape index (κ3) is 2.75. The van der Waals surface area contributed by atoms with Gasteiger partial charge in [-0.05, 0) is 25.0 Å². The maximum absolute atomic E-state index is 12.8. The Kier molecular flexibility index (Phi) is 3.49. The number of nitrogens with one attached hydrogen (secondary N) is 2. The molecule has 7 nitrogen and oxygen atoms in total. The van der Waals surface area contributed by atoms with Gasteiger partial charge in [-0.15, -0.1) is 0 Å². The van der Waals surface area contributed by atoms with E-state index in [1.54, 1.807) is 0 Å². The predicted octanol–water partition coefficient (Wildman–Crippen LogP) is 1.71. The van der Waals surface area contributed by atoms with Crippen LogP contribution in [0.4, 0.5) is 24.5 Å². The quantitative estimate of drug-likeness (QED) is 0.445. The maximum atomic E-state index is 12.8. The van der Waals surface area contributed by atoms with Crippen LogP contribution in [0.25, 0.3) is 0 Å². The summed E-state index contributed by atoms with van der Waals surface area (Å²) < 4.78 is 38.4. The molecule has 0 aromatic heterocycles. The molecule has 4 N–H and O–H groups in total. The summed E-state index contributed by atoms with van der Waals surface area (Å²) in [4.78, 5) is 22.0. The van der Waals surface area contributed by atoms with Crippen molar-refractivity contribution in [1.29, 1.82) is 0 Å². The van der Waals surface area contributed by atoms with E-state index in [0.717, 1.165) is 12.1 Å². The SMILES string of the molecule is NNc1ccc([N+](=O)[O-])c(C(=O)NC2(C(F)(F)F)CC2)c1. The van der Waals surface area contributed by atoms with Crippen LogP contribution >= 0.6 is 0 Å². The van der Waals surface area contributed by atoms with Gasteiger partial charge in [0.2, 0.25) is 0 Å². The van der Waals surface area contributed by atoms with E-state index in [0.29, 0.717) is 0 Å². The fourth-order valence-electron chi connectivity index (χ4n) is 1.86. The Labute approximate surface area is 116 Å². The van der Waals surface area contributed by atoms with Crippen LogP contribution < -0.4 is 16.6 Å². The second-order valence-electron chi connectivity index (χ2n) is 4.67. The molecule has 1 aliphatic rings. The Bertz CT molecular complexity index is 599. The average molecular weight is 304 g/mol. The van der Waals surface area contributed by atoms with E-state index in [9.17, 15) is 28.1 Å². The number of halogens is 3. The van der Waals surface area contributed by atoms with Crippen LogP contribution in [0.15, 0.2) is 18.2 Å². The number of hydrazine groups is 1. The van der Waals surface area contributed by atoms with Crippen molar-refractivity contribution in [2.24, 2.45) is 5.84 Å². The van der Waals surface area contributed by atoms with Crippen molar-refractivity contribution in [2.75, 3.05) is 5.43 Å². The molecule has 1 aromatic carbocycles. The summed E-state index contributed by atoms with van der Waals surface area (Å²) in [5.41, 5.74) is -1.02. The molecule has 1 aromatic rings. The molecule has 0 spiro atoms. The third-order valence-electron chi connectivity index (χ3n) is 3.25. The number of nitro groups is 1. The summed E-state index contributed by atoms with van der Waals surface area (Å²) in [7, 11) is 0. The number of nitrogens with two attached hydrogens (primary N) is 1. The van der Waals surface area contributed by atoms with E-state index in [1.165, 1.54) is 6.07 Å². The molecule has 1 amide bonds. The van der Waals surface area contributed by atoms with Gasteiger partial charge in [0.1, 0.15) is 11.1 Å². The monoisotopic (exact) mass is 304 g/mol. The standard InChI is InChI=1S/C11H11F3N4O3/c12-11(13,14)10(3-4-10)16-9(19)7-5-6(17-15)1-2-8(7)18(20)21/h1-2,5,17H,3-4,15H2,(H,16,19). The maximum Gasteiger partial charge on any atom is 0.411 e. The first-order valence-corrected chi connectivity index (χ1v) is 5.84. The van der Waals surface area contributed by atoms with Crippen LogP contribution in [0.2, 0.25) is 0 Å². The number of hydrogen-bond acceptors (Lipinski definition) is 5. The second kappa shape index (κ2) is 4.88. The summed E-state index contributed by atoms with van der Waals surface area (Å²) in [5.74, 6) is 3.96. The number of carbonyl (C=O) groups excluding carboxylic acids is 1. The Morgan fingerprint density at radius 2 is 2.00 bits per heavy atom. The van der Waals surface area contributed by atoms with Crippen molar-refractivity contribution >= 4 is 17.3 Å². The molecule has 0 saturated heterocycles. The lowest BCUT2D eigenvalue weighted by Gasteiger charge is -2.20. The van der Waals surface area contributed by atoms with Gasteiger partial charge >= 0.3 is 6.18 Å². The predicted molar refractivity (Wildman–Crippen MR) is 66.4 cm³/mol. The summed E-state index contributed by atoms with van der Waals surface area (Å²) in [5, 5.41) is 12.7. The molecular weight excluding hydrogens is 293 g/mol. The zero-order valence-electron chi connectivity index (χ0n) is 10.5. The number of carbonyl (C=O) groups is 1. The number of hydrogen-bond donors (Lipinski definition) is 3. The fraction of sp³-hybridized carbons (Fsp3) is 0.364. The van der Waals surface area contributed by atoms with E-state index in [1.807, 2.05) is 5.32 Å². The van der Waals surface area contributed by atoms with E-state index in [2.05, 4.69) is 5.43 Å². The van der Waals surface area contributed by atoms with Gasteiger partial charge in [0.15, 0.2) is 0 Å². The largest absolute Gasteiger partial charge is 0.411 e. The summed E-state index contributed by atoms with van der Waals surface area (Å²) in [6.45, 7) is 0. The highest BCUT2D eigenvalue weighted by Crippen LogP contribution is 2.49. The minimum absolute atomic E-state index is 0.169. The first-order valence-electron chi connectivity index (χ1n) is 5.84. The van der Waals surface area contributed by atoms with Crippen LogP contribution in [0.3, 0.4) is 0 Å². The second-order valence-corrected chi connectivity index (χ2v) is 4.67. The van der Waals surface area contributed by atoms with E-state index in [-0.39, 0.29) is 18.5 Å². The molecule has 2 rings (SSSR count). The van der Waals surface area contributed by atoms with Gasteiger partial charge < -0.3 is 10.7 Å². The molecule has 114 valence electrons. The first kappa shape index (κ1) is 15.0. The third-order valence-corrected chi connectivity index (χ3v) is 3.25. The number of amides is 1. The number of benzene rings is 1. The number of nitro benzene ring substituents is 1. The van der Waals surface area contributed by atoms with Gasteiger partial charge in [0, 0.05) is 11.8 Å². The van der Waals surface area contributed by atoms with Crippen molar-refractivity contribution in [3.05, 3.63) is 33.9 Å². The van der Waals surface area contributed by atoms with Crippen LogP contribution in [0.5, 0.6) is 0 Å². The number of alkyl halides is 3. The van der Waals surface area contributed by atoms with Crippen LogP contribution in [-0.4, -0.2) is 22.5 Å². The van der Waals surface area contributed by atoms with Crippen LogP contribution in [-0.2, 0) is 0 Å². The first-order chi connectivity index (χ1) is 9.70. The lowest BCUT2D eigenvalue weighted by Crippen LogP contribution is -2.48. The summed E-state index contributed by atoms with van der Waals surface area (Å²) >= 11 is 0. The van der Waals surface area contributed by atoms with Crippen molar-refractivity contribution in [1.82, 2.24) is 5.32 Å². The molecule has 10 heteroatoms. The van der Waals surface area contributed by atoms with Gasteiger partial charge in [-0.3, -0.25) is 20.8 Å². The molecular formula is C11H11F3N4O3. The highest BCUT2D eigenvalue weighted by molar-refractivity contribution is 5.99.